The van der Waals surface area contributed by atoms with Crippen molar-refractivity contribution in [1.29, 1.82) is 0 Å². The van der Waals surface area contributed by atoms with E-state index in [0.29, 0.717) is 38.2 Å². The number of hydrogen-bond donors (Lipinski definition) is 1. The molecule has 10 heteroatoms. The summed E-state index contributed by atoms with van der Waals surface area (Å²) in [5.74, 6) is 0.0474. The van der Waals surface area contributed by atoms with Crippen LogP contribution in [-0.2, 0) is 4.79 Å². The molecule has 0 unspecified atom stereocenters. The summed E-state index contributed by atoms with van der Waals surface area (Å²) in [5, 5.41) is 14.5. The molecule has 0 spiro atoms. The zero-order valence-corrected chi connectivity index (χ0v) is 16.0. The fourth-order valence-corrected chi connectivity index (χ4v) is 3.36. The van der Waals surface area contributed by atoms with Crippen LogP contribution < -0.4 is 15.8 Å². The van der Waals surface area contributed by atoms with Crippen LogP contribution in [0.4, 0.5) is 11.5 Å². The number of carbonyl (C=O) groups excluding carboxylic acids is 1. The van der Waals surface area contributed by atoms with Crippen molar-refractivity contribution in [2.45, 2.75) is 26.3 Å². The van der Waals surface area contributed by atoms with Gasteiger partial charge in [0.15, 0.2) is 0 Å². The van der Waals surface area contributed by atoms with Crippen LogP contribution in [-0.4, -0.2) is 63.9 Å². The molecule has 0 aliphatic carbocycles. The Labute approximate surface area is 161 Å². The second-order valence-corrected chi connectivity index (χ2v) is 7.11. The van der Waals surface area contributed by atoms with Crippen LogP contribution in [0, 0.1) is 10.1 Å². The number of aromatic nitrogens is 2. The minimum Gasteiger partial charge on any atom is -0.353 e. The second-order valence-electron chi connectivity index (χ2n) is 7.11. The molecule has 0 atom stereocenters. The molecule has 0 saturated carbocycles. The summed E-state index contributed by atoms with van der Waals surface area (Å²) in [5.41, 5.74) is -0.844. The normalized spacial score (nSPS) is 15.6. The molecular formula is C18H24N6O4. The minimum absolute atomic E-state index is 0.0449. The topological polar surface area (TPSA) is 113 Å². The molecule has 3 rings (SSSR count). The lowest BCUT2D eigenvalue weighted by Crippen LogP contribution is -2.41. The van der Waals surface area contributed by atoms with Gasteiger partial charge in [-0.1, -0.05) is 6.07 Å². The predicted molar refractivity (Wildman–Crippen MR) is 105 cm³/mol. The summed E-state index contributed by atoms with van der Waals surface area (Å²) < 4.78 is 1.18. The molecule has 3 heterocycles. The fraction of sp³-hybridized carbons (Fsp3) is 0.500. The van der Waals surface area contributed by atoms with Crippen LogP contribution in [0.15, 0.2) is 29.2 Å². The number of amides is 1. The molecule has 150 valence electrons. The number of carbonyl (C=O) groups is 1. The van der Waals surface area contributed by atoms with Crippen molar-refractivity contribution in [1.82, 2.24) is 19.6 Å². The molecule has 2 aromatic heterocycles. The molecule has 1 fully saturated rings. The lowest BCUT2D eigenvalue weighted by Gasteiger charge is -2.22. The average Bonchev–Trinajstić information content (AvgIpc) is 2.86. The van der Waals surface area contributed by atoms with Crippen LogP contribution in [0.3, 0.4) is 0 Å². The largest absolute Gasteiger partial charge is 0.376 e. The summed E-state index contributed by atoms with van der Waals surface area (Å²) in [4.78, 5) is 43.7. The molecule has 28 heavy (non-hydrogen) atoms. The van der Waals surface area contributed by atoms with Gasteiger partial charge < -0.3 is 10.2 Å². The number of nitrogens with zero attached hydrogens (tertiary/aromatic N) is 5. The SMILES string of the molecule is CC(C)NC(=O)CN1CCCN(c2nc3ccccn3c(=O)c2[N+](=O)[O-])CC1. The molecule has 10 nitrogen and oxygen atoms in total. The minimum atomic E-state index is -0.692. The first-order chi connectivity index (χ1) is 13.4. The Bertz CT molecular complexity index is 941. The van der Waals surface area contributed by atoms with Crippen LogP contribution >= 0.6 is 0 Å². The predicted octanol–water partition coefficient (Wildman–Crippen LogP) is 0.639. The first-order valence-electron chi connectivity index (χ1n) is 9.29. The summed E-state index contributed by atoms with van der Waals surface area (Å²) in [6.45, 7) is 6.32. The molecule has 2 aromatic rings. The van der Waals surface area contributed by atoms with Gasteiger partial charge in [0.2, 0.25) is 11.7 Å². The summed E-state index contributed by atoms with van der Waals surface area (Å²) in [7, 11) is 0. The quantitative estimate of drug-likeness (QED) is 0.591. The highest BCUT2D eigenvalue weighted by molar-refractivity contribution is 5.78. The van der Waals surface area contributed by atoms with Crippen molar-refractivity contribution < 1.29 is 9.72 Å². The number of nitrogens with one attached hydrogen (secondary N) is 1. The highest BCUT2D eigenvalue weighted by Crippen LogP contribution is 2.24. The fourth-order valence-electron chi connectivity index (χ4n) is 3.36. The van der Waals surface area contributed by atoms with E-state index in [2.05, 4.69) is 10.3 Å². The standard InChI is InChI=1S/C18H24N6O4/c1-13(2)19-15(25)12-21-7-5-8-22(11-10-21)17-16(24(27)28)18(26)23-9-4-3-6-14(23)20-17/h3-4,6,9,13H,5,7-8,10-12H2,1-2H3,(H,19,25). The van der Waals surface area contributed by atoms with Crippen molar-refractivity contribution in [3.8, 4) is 0 Å². The van der Waals surface area contributed by atoms with Gasteiger partial charge in [0, 0.05) is 38.4 Å². The van der Waals surface area contributed by atoms with E-state index in [4.69, 9.17) is 0 Å². The molecular weight excluding hydrogens is 364 g/mol. The van der Waals surface area contributed by atoms with E-state index in [1.54, 1.807) is 23.1 Å². The van der Waals surface area contributed by atoms with Gasteiger partial charge in [-0.25, -0.2) is 4.98 Å². The van der Waals surface area contributed by atoms with Gasteiger partial charge in [0.25, 0.3) is 0 Å². The van der Waals surface area contributed by atoms with Gasteiger partial charge in [-0.05, 0) is 32.4 Å². The molecule has 1 aliphatic rings. The van der Waals surface area contributed by atoms with Crippen LogP contribution in [0.1, 0.15) is 20.3 Å². The van der Waals surface area contributed by atoms with E-state index in [0.717, 1.165) is 0 Å². The van der Waals surface area contributed by atoms with Gasteiger partial charge in [0.1, 0.15) is 5.65 Å². The third-order valence-electron chi connectivity index (χ3n) is 4.58. The van der Waals surface area contributed by atoms with Crippen LogP contribution in [0.5, 0.6) is 0 Å². The molecule has 1 saturated heterocycles. The number of anilines is 1. The zero-order chi connectivity index (χ0) is 20.3. The molecule has 0 bridgehead atoms. The molecule has 0 aromatic carbocycles. The summed E-state index contributed by atoms with van der Waals surface area (Å²) in [6.07, 6.45) is 2.18. The number of nitro groups is 1. The zero-order valence-electron chi connectivity index (χ0n) is 16.0. The highest BCUT2D eigenvalue weighted by Gasteiger charge is 2.29. The number of pyridine rings is 1. The second kappa shape index (κ2) is 8.34. The molecule has 1 N–H and O–H groups in total. The lowest BCUT2D eigenvalue weighted by molar-refractivity contribution is -0.385. The average molecular weight is 388 g/mol. The Morgan fingerprint density at radius 2 is 2.07 bits per heavy atom. The maximum absolute atomic E-state index is 12.6. The third-order valence-corrected chi connectivity index (χ3v) is 4.58. The Morgan fingerprint density at radius 1 is 1.29 bits per heavy atom. The van der Waals surface area contributed by atoms with Gasteiger partial charge in [-0.2, -0.15) is 0 Å². The first kappa shape index (κ1) is 19.7. The van der Waals surface area contributed by atoms with E-state index in [-0.39, 0.29) is 24.3 Å². The Hall–Kier alpha value is -3.01. The van der Waals surface area contributed by atoms with Gasteiger partial charge in [-0.3, -0.25) is 29.0 Å². The molecule has 1 aliphatic heterocycles. The maximum atomic E-state index is 12.6. The van der Waals surface area contributed by atoms with Gasteiger partial charge >= 0.3 is 11.2 Å². The van der Waals surface area contributed by atoms with Gasteiger partial charge in [0.05, 0.1) is 11.5 Å². The van der Waals surface area contributed by atoms with E-state index in [9.17, 15) is 19.7 Å². The Kier molecular flexibility index (Phi) is 5.88. The van der Waals surface area contributed by atoms with E-state index in [1.165, 1.54) is 10.6 Å². The van der Waals surface area contributed by atoms with Crippen LogP contribution in [0.2, 0.25) is 0 Å². The smallest absolute Gasteiger partial charge is 0.353 e. The number of rotatable bonds is 5. The number of fused-ring (bicyclic) bond motifs is 1. The van der Waals surface area contributed by atoms with Crippen molar-refractivity contribution in [2.75, 3.05) is 37.6 Å². The van der Waals surface area contributed by atoms with Crippen molar-refractivity contribution in [2.24, 2.45) is 0 Å². The monoisotopic (exact) mass is 388 g/mol. The first-order valence-corrected chi connectivity index (χ1v) is 9.29. The Morgan fingerprint density at radius 3 is 2.79 bits per heavy atom. The van der Waals surface area contributed by atoms with E-state index < -0.39 is 16.2 Å². The van der Waals surface area contributed by atoms with Crippen molar-refractivity contribution >= 4 is 23.1 Å². The summed E-state index contributed by atoms with van der Waals surface area (Å²) in [6, 6.07) is 5.09. The van der Waals surface area contributed by atoms with E-state index >= 15 is 0 Å². The molecule has 0 radical (unpaired) electrons. The highest BCUT2D eigenvalue weighted by atomic mass is 16.6. The molecule has 1 amide bonds. The maximum Gasteiger partial charge on any atom is 0.376 e. The van der Waals surface area contributed by atoms with Crippen LogP contribution in [0.25, 0.3) is 5.65 Å². The summed E-state index contributed by atoms with van der Waals surface area (Å²) >= 11 is 0. The van der Waals surface area contributed by atoms with E-state index in [1.807, 2.05) is 18.7 Å². The van der Waals surface area contributed by atoms with Crippen molar-refractivity contribution in [3.63, 3.8) is 0 Å². The lowest BCUT2D eigenvalue weighted by atomic mass is 10.3. The number of hydrogen-bond acceptors (Lipinski definition) is 7. The van der Waals surface area contributed by atoms with Gasteiger partial charge in [-0.15, -0.1) is 0 Å². The third kappa shape index (κ3) is 4.28. The van der Waals surface area contributed by atoms with Crippen molar-refractivity contribution in [3.05, 3.63) is 44.9 Å². The Balaban J connectivity index is 1.85.